The lowest BCUT2D eigenvalue weighted by Crippen LogP contribution is -2.41. The second-order valence-corrected chi connectivity index (χ2v) is 4.72. The SMILES string of the molecule is Cc1ccnn1CC(=O)N1CCC[C@H](C)C1. The summed E-state index contributed by atoms with van der Waals surface area (Å²) in [6.45, 7) is 6.37. The van der Waals surface area contributed by atoms with E-state index in [1.807, 2.05) is 17.9 Å². The molecule has 0 N–H and O–H groups in total. The summed E-state index contributed by atoms with van der Waals surface area (Å²) in [4.78, 5) is 14.0. The summed E-state index contributed by atoms with van der Waals surface area (Å²) in [6, 6.07) is 1.92. The lowest BCUT2D eigenvalue weighted by atomic mass is 10.0. The van der Waals surface area contributed by atoms with Crippen LogP contribution in [0.25, 0.3) is 0 Å². The maximum Gasteiger partial charge on any atom is 0.244 e. The molecule has 1 amide bonds. The van der Waals surface area contributed by atoms with Crippen molar-refractivity contribution >= 4 is 5.91 Å². The molecule has 0 radical (unpaired) electrons. The highest BCUT2D eigenvalue weighted by Crippen LogP contribution is 2.15. The van der Waals surface area contributed by atoms with E-state index < -0.39 is 0 Å². The minimum atomic E-state index is 0.193. The largest absolute Gasteiger partial charge is 0.341 e. The number of amides is 1. The van der Waals surface area contributed by atoms with E-state index in [2.05, 4.69) is 12.0 Å². The van der Waals surface area contributed by atoms with Crippen LogP contribution in [0.3, 0.4) is 0 Å². The van der Waals surface area contributed by atoms with Crippen LogP contribution in [0, 0.1) is 12.8 Å². The van der Waals surface area contributed by atoms with Crippen molar-refractivity contribution in [2.75, 3.05) is 13.1 Å². The quantitative estimate of drug-likeness (QED) is 0.758. The summed E-state index contributed by atoms with van der Waals surface area (Å²) < 4.78 is 1.77. The number of carbonyl (C=O) groups is 1. The molecule has 2 heterocycles. The number of aryl methyl sites for hydroxylation is 1. The summed E-state index contributed by atoms with van der Waals surface area (Å²) >= 11 is 0. The number of rotatable bonds is 2. The number of carbonyl (C=O) groups excluding carboxylic acids is 1. The van der Waals surface area contributed by atoms with Gasteiger partial charge in [0.05, 0.1) is 0 Å². The minimum Gasteiger partial charge on any atom is -0.341 e. The van der Waals surface area contributed by atoms with E-state index in [9.17, 15) is 4.79 Å². The predicted molar refractivity (Wildman–Crippen MR) is 61.9 cm³/mol. The van der Waals surface area contributed by atoms with Crippen LogP contribution in [-0.4, -0.2) is 33.7 Å². The van der Waals surface area contributed by atoms with Gasteiger partial charge in [-0.15, -0.1) is 0 Å². The summed E-state index contributed by atoms with van der Waals surface area (Å²) in [5, 5.41) is 4.14. The van der Waals surface area contributed by atoms with Crippen LogP contribution < -0.4 is 0 Å². The molecule has 88 valence electrons. The van der Waals surface area contributed by atoms with Gasteiger partial charge in [0.2, 0.25) is 5.91 Å². The molecule has 1 atom stereocenters. The Morgan fingerprint density at radius 2 is 2.44 bits per heavy atom. The average molecular weight is 221 g/mol. The molecule has 4 nitrogen and oxygen atoms in total. The molecule has 0 spiro atoms. The van der Waals surface area contributed by atoms with Crippen molar-refractivity contribution in [2.24, 2.45) is 5.92 Å². The van der Waals surface area contributed by atoms with Gasteiger partial charge in [-0.2, -0.15) is 5.10 Å². The van der Waals surface area contributed by atoms with Gasteiger partial charge in [-0.05, 0) is 31.7 Å². The molecule has 16 heavy (non-hydrogen) atoms. The number of nitrogens with zero attached hydrogens (tertiary/aromatic N) is 3. The molecule has 1 aliphatic heterocycles. The van der Waals surface area contributed by atoms with Gasteiger partial charge < -0.3 is 4.90 Å². The second kappa shape index (κ2) is 4.68. The molecule has 0 bridgehead atoms. The Bertz CT molecular complexity index is 372. The van der Waals surface area contributed by atoms with Gasteiger partial charge in [0, 0.05) is 25.0 Å². The zero-order valence-electron chi connectivity index (χ0n) is 10.0. The molecule has 1 aliphatic rings. The molecule has 0 saturated carbocycles. The fourth-order valence-corrected chi connectivity index (χ4v) is 2.21. The van der Waals surface area contributed by atoms with Crippen LogP contribution in [0.4, 0.5) is 0 Å². The number of piperidine rings is 1. The van der Waals surface area contributed by atoms with Gasteiger partial charge in [-0.25, -0.2) is 0 Å². The van der Waals surface area contributed by atoms with E-state index in [4.69, 9.17) is 0 Å². The van der Waals surface area contributed by atoms with Gasteiger partial charge in [0.15, 0.2) is 0 Å². The number of hydrogen-bond acceptors (Lipinski definition) is 2. The lowest BCUT2D eigenvalue weighted by molar-refractivity contribution is -0.133. The molecule has 0 aromatic carbocycles. The Kier molecular flexibility index (Phi) is 3.27. The third-order valence-corrected chi connectivity index (χ3v) is 3.22. The first-order valence-electron chi connectivity index (χ1n) is 5.93. The van der Waals surface area contributed by atoms with Crippen molar-refractivity contribution in [3.8, 4) is 0 Å². The van der Waals surface area contributed by atoms with E-state index in [1.165, 1.54) is 6.42 Å². The molecule has 0 unspecified atom stereocenters. The maximum atomic E-state index is 12.0. The first kappa shape index (κ1) is 11.2. The van der Waals surface area contributed by atoms with Crippen molar-refractivity contribution in [1.29, 1.82) is 0 Å². The molecule has 1 fully saturated rings. The molecular formula is C12H19N3O. The van der Waals surface area contributed by atoms with Crippen LogP contribution in [0.2, 0.25) is 0 Å². The predicted octanol–water partition coefficient (Wildman–Crippen LogP) is 1.45. The molecular weight excluding hydrogens is 202 g/mol. The monoisotopic (exact) mass is 221 g/mol. The van der Waals surface area contributed by atoms with Crippen molar-refractivity contribution < 1.29 is 4.79 Å². The van der Waals surface area contributed by atoms with Crippen LogP contribution in [0.15, 0.2) is 12.3 Å². The van der Waals surface area contributed by atoms with Crippen molar-refractivity contribution in [2.45, 2.75) is 33.2 Å². The summed E-state index contributed by atoms with van der Waals surface area (Å²) in [7, 11) is 0. The van der Waals surface area contributed by atoms with Crippen molar-refractivity contribution in [3.63, 3.8) is 0 Å². The highest BCUT2D eigenvalue weighted by molar-refractivity contribution is 5.76. The molecule has 1 aromatic heterocycles. The minimum absolute atomic E-state index is 0.193. The van der Waals surface area contributed by atoms with Crippen LogP contribution in [0.5, 0.6) is 0 Å². The highest BCUT2D eigenvalue weighted by Gasteiger charge is 2.21. The van der Waals surface area contributed by atoms with E-state index in [1.54, 1.807) is 10.9 Å². The second-order valence-electron chi connectivity index (χ2n) is 4.72. The Morgan fingerprint density at radius 1 is 1.62 bits per heavy atom. The highest BCUT2D eigenvalue weighted by atomic mass is 16.2. The number of likely N-dealkylation sites (tertiary alicyclic amines) is 1. The number of hydrogen-bond donors (Lipinski definition) is 0. The van der Waals surface area contributed by atoms with Crippen molar-refractivity contribution in [3.05, 3.63) is 18.0 Å². The van der Waals surface area contributed by atoms with E-state index >= 15 is 0 Å². The average Bonchev–Trinajstić information content (AvgIpc) is 2.64. The molecule has 1 aromatic rings. The van der Waals surface area contributed by atoms with Gasteiger partial charge >= 0.3 is 0 Å². The molecule has 2 rings (SSSR count). The van der Waals surface area contributed by atoms with Crippen molar-refractivity contribution in [1.82, 2.24) is 14.7 Å². The maximum absolute atomic E-state index is 12.0. The zero-order valence-corrected chi connectivity index (χ0v) is 10.0. The van der Waals surface area contributed by atoms with Crippen LogP contribution in [0.1, 0.15) is 25.5 Å². The Morgan fingerprint density at radius 3 is 3.06 bits per heavy atom. The molecule has 4 heteroatoms. The number of aromatic nitrogens is 2. The normalized spacial score (nSPS) is 21.1. The fraction of sp³-hybridized carbons (Fsp3) is 0.667. The Balaban J connectivity index is 1.95. The van der Waals surface area contributed by atoms with Crippen LogP contribution in [-0.2, 0) is 11.3 Å². The van der Waals surface area contributed by atoms with E-state index in [-0.39, 0.29) is 5.91 Å². The standard InChI is InChI=1S/C12H19N3O/c1-10-4-3-7-14(8-10)12(16)9-15-11(2)5-6-13-15/h5-6,10H,3-4,7-9H2,1-2H3/t10-/m0/s1. The lowest BCUT2D eigenvalue weighted by Gasteiger charge is -2.31. The van der Waals surface area contributed by atoms with E-state index in [0.29, 0.717) is 12.5 Å². The third-order valence-electron chi connectivity index (χ3n) is 3.22. The first-order chi connectivity index (χ1) is 7.66. The third kappa shape index (κ3) is 2.43. The topological polar surface area (TPSA) is 38.1 Å². The molecule has 0 aliphatic carbocycles. The summed E-state index contributed by atoms with van der Waals surface area (Å²) in [5.41, 5.74) is 1.04. The van der Waals surface area contributed by atoms with Gasteiger partial charge in [0.1, 0.15) is 6.54 Å². The van der Waals surface area contributed by atoms with E-state index in [0.717, 1.165) is 25.2 Å². The molecule has 1 saturated heterocycles. The van der Waals surface area contributed by atoms with Gasteiger partial charge in [-0.3, -0.25) is 9.48 Å². The smallest absolute Gasteiger partial charge is 0.244 e. The zero-order chi connectivity index (χ0) is 11.5. The fourth-order valence-electron chi connectivity index (χ4n) is 2.21. The Hall–Kier alpha value is -1.32. The summed E-state index contributed by atoms with van der Waals surface area (Å²) in [6.07, 6.45) is 4.11. The van der Waals surface area contributed by atoms with Gasteiger partial charge in [-0.1, -0.05) is 6.92 Å². The first-order valence-corrected chi connectivity index (χ1v) is 5.93. The Labute approximate surface area is 96.2 Å². The van der Waals surface area contributed by atoms with Crippen LogP contribution >= 0.6 is 0 Å². The van der Waals surface area contributed by atoms with Gasteiger partial charge in [0.25, 0.3) is 0 Å². The summed E-state index contributed by atoms with van der Waals surface area (Å²) in [5.74, 6) is 0.828.